The molecule has 1 N–H and O–H groups in total. The zero-order valence-electron chi connectivity index (χ0n) is 11.9. The summed E-state index contributed by atoms with van der Waals surface area (Å²) < 4.78 is 19.6. The molecule has 22 heavy (non-hydrogen) atoms. The van der Waals surface area contributed by atoms with Crippen LogP contribution in [0.4, 0.5) is 4.39 Å². The van der Waals surface area contributed by atoms with Crippen LogP contribution in [-0.4, -0.2) is 20.6 Å². The SMILES string of the molecule is Cc1cc2c(cc1F)CC(c1cccc(-c3nn[nH]n3)c1)O2. The first-order valence-electron chi connectivity index (χ1n) is 7.00. The van der Waals surface area contributed by atoms with Gasteiger partial charge in [-0.2, -0.15) is 5.21 Å². The highest BCUT2D eigenvalue weighted by atomic mass is 19.1. The summed E-state index contributed by atoms with van der Waals surface area (Å²) in [4.78, 5) is 0. The number of nitrogens with zero attached hydrogens (tertiary/aromatic N) is 3. The highest BCUT2D eigenvalue weighted by Gasteiger charge is 2.26. The molecule has 0 amide bonds. The van der Waals surface area contributed by atoms with E-state index in [2.05, 4.69) is 20.6 Å². The predicted octanol–water partition coefficient (Wildman–Crippen LogP) is 2.99. The zero-order valence-corrected chi connectivity index (χ0v) is 11.9. The fourth-order valence-electron chi connectivity index (χ4n) is 2.71. The Labute approximate surface area is 126 Å². The molecule has 1 aliphatic heterocycles. The number of H-pyrrole nitrogens is 1. The van der Waals surface area contributed by atoms with Crippen molar-refractivity contribution in [2.24, 2.45) is 0 Å². The number of rotatable bonds is 2. The molecule has 6 heteroatoms. The molecule has 0 saturated carbocycles. The zero-order chi connectivity index (χ0) is 15.1. The molecule has 5 nitrogen and oxygen atoms in total. The van der Waals surface area contributed by atoms with Crippen LogP contribution in [0.25, 0.3) is 11.4 Å². The maximum Gasteiger partial charge on any atom is 0.204 e. The standard InChI is InChI=1S/C16H13FN4O/c1-9-5-14-12(7-13(9)17)8-15(22-14)10-3-2-4-11(6-10)16-18-20-21-19-16/h2-7,15H,8H2,1H3,(H,18,19,20,21). The fourth-order valence-corrected chi connectivity index (χ4v) is 2.71. The lowest BCUT2D eigenvalue weighted by Gasteiger charge is -2.11. The van der Waals surface area contributed by atoms with Crippen LogP contribution in [0, 0.1) is 12.7 Å². The number of hydrogen-bond donors (Lipinski definition) is 1. The molecule has 0 aliphatic carbocycles. The summed E-state index contributed by atoms with van der Waals surface area (Å²) in [5.41, 5.74) is 3.38. The van der Waals surface area contributed by atoms with E-state index in [1.54, 1.807) is 19.1 Å². The van der Waals surface area contributed by atoms with E-state index in [-0.39, 0.29) is 11.9 Å². The van der Waals surface area contributed by atoms with Gasteiger partial charge in [0.25, 0.3) is 0 Å². The van der Waals surface area contributed by atoms with Crippen molar-refractivity contribution in [1.29, 1.82) is 0 Å². The maximum absolute atomic E-state index is 13.7. The highest BCUT2D eigenvalue weighted by molar-refractivity contribution is 5.55. The van der Waals surface area contributed by atoms with Crippen molar-refractivity contribution in [2.75, 3.05) is 0 Å². The molecule has 1 atom stereocenters. The molecule has 2 aromatic carbocycles. The predicted molar refractivity (Wildman–Crippen MR) is 77.8 cm³/mol. The van der Waals surface area contributed by atoms with Crippen molar-refractivity contribution in [2.45, 2.75) is 19.4 Å². The number of hydrogen-bond acceptors (Lipinski definition) is 4. The van der Waals surface area contributed by atoms with Gasteiger partial charge in [0.2, 0.25) is 5.82 Å². The summed E-state index contributed by atoms with van der Waals surface area (Å²) in [6.45, 7) is 1.74. The summed E-state index contributed by atoms with van der Waals surface area (Å²) >= 11 is 0. The minimum absolute atomic E-state index is 0.122. The third-order valence-electron chi connectivity index (χ3n) is 3.88. The molecule has 0 spiro atoms. The number of aromatic amines is 1. The van der Waals surface area contributed by atoms with Crippen LogP contribution in [0.3, 0.4) is 0 Å². The van der Waals surface area contributed by atoms with Crippen LogP contribution in [0.1, 0.15) is 22.8 Å². The van der Waals surface area contributed by atoms with E-state index in [1.165, 1.54) is 0 Å². The molecular weight excluding hydrogens is 283 g/mol. The van der Waals surface area contributed by atoms with Gasteiger partial charge in [0.05, 0.1) is 0 Å². The Kier molecular flexibility index (Phi) is 2.89. The van der Waals surface area contributed by atoms with Crippen LogP contribution < -0.4 is 4.74 Å². The number of benzene rings is 2. The Bertz CT molecular complexity index is 801. The Morgan fingerprint density at radius 2 is 2.18 bits per heavy atom. The molecule has 0 bridgehead atoms. The van der Waals surface area contributed by atoms with Gasteiger partial charge in [0, 0.05) is 17.5 Å². The van der Waals surface area contributed by atoms with Gasteiger partial charge in [0.15, 0.2) is 0 Å². The normalized spacial score (nSPS) is 16.4. The molecule has 0 saturated heterocycles. The molecule has 1 aromatic heterocycles. The second-order valence-corrected chi connectivity index (χ2v) is 5.38. The van der Waals surface area contributed by atoms with Crippen molar-refractivity contribution in [3.63, 3.8) is 0 Å². The number of ether oxygens (including phenoxy) is 1. The molecule has 3 aromatic rings. The summed E-state index contributed by atoms with van der Waals surface area (Å²) in [5, 5.41) is 14.0. The number of nitrogens with one attached hydrogen (secondary N) is 1. The van der Waals surface area contributed by atoms with Crippen molar-refractivity contribution in [1.82, 2.24) is 20.6 Å². The summed E-state index contributed by atoms with van der Waals surface area (Å²) in [5.74, 6) is 1.11. The van der Waals surface area contributed by atoms with Crippen molar-refractivity contribution in [3.8, 4) is 17.1 Å². The quantitative estimate of drug-likeness (QED) is 0.789. The lowest BCUT2D eigenvalue weighted by atomic mass is 10.0. The average molecular weight is 296 g/mol. The number of tetrazole rings is 1. The van der Waals surface area contributed by atoms with E-state index < -0.39 is 0 Å². The van der Waals surface area contributed by atoms with E-state index in [1.807, 2.05) is 24.3 Å². The first-order valence-corrected chi connectivity index (χ1v) is 7.00. The largest absolute Gasteiger partial charge is 0.485 e. The van der Waals surface area contributed by atoms with Gasteiger partial charge in [-0.05, 0) is 41.5 Å². The molecule has 2 heterocycles. The Morgan fingerprint density at radius 3 is 3.00 bits per heavy atom. The van der Waals surface area contributed by atoms with Gasteiger partial charge in [-0.1, -0.05) is 18.2 Å². The molecule has 0 radical (unpaired) electrons. The van der Waals surface area contributed by atoms with Gasteiger partial charge in [-0.25, -0.2) is 4.39 Å². The average Bonchev–Trinajstić information content (AvgIpc) is 3.17. The van der Waals surface area contributed by atoms with E-state index in [4.69, 9.17) is 4.74 Å². The minimum atomic E-state index is -0.191. The van der Waals surface area contributed by atoms with Gasteiger partial charge in [0.1, 0.15) is 17.7 Å². The topological polar surface area (TPSA) is 63.7 Å². The van der Waals surface area contributed by atoms with Gasteiger partial charge in [-0.15, -0.1) is 10.2 Å². The van der Waals surface area contributed by atoms with Crippen LogP contribution in [0.5, 0.6) is 5.75 Å². The van der Waals surface area contributed by atoms with Crippen molar-refractivity contribution >= 4 is 0 Å². The van der Waals surface area contributed by atoms with Crippen molar-refractivity contribution < 1.29 is 9.13 Å². The molecule has 1 unspecified atom stereocenters. The van der Waals surface area contributed by atoms with Crippen LogP contribution in [-0.2, 0) is 6.42 Å². The molecular formula is C16H13FN4O. The lowest BCUT2D eigenvalue weighted by molar-refractivity contribution is 0.238. The maximum atomic E-state index is 13.7. The number of fused-ring (bicyclic) bond motifs is 1. The van der Waals surface area contributed by atoms with E-state index in [0.717, 1.165) is 22.4 Å². The molecule has 110 valence electrons. The van der Waals surface area contributed by atoms with Gasteiger partial charge < -0.3 is 4.74 Å². The molecule has 4 rings (SSSR count). The lowest BCUT2D eigenvalue weighted by Crippen LogP contribution is -2.03. The van der Waals surface area contributed by atoms with Gasteiger partial charge >= 0.3 is 0 Å². The second kappa shape index (κ2) is 4.91. The Hall–Kier alpha value is -2.76. The summed E-state index contributed by atoms with van der Waals surface area (Å²) in [7, 11) is 0. The van der Waals surface area contributed by atoms with Gasteiger partial charge in [-0.3, -0.25) is 0 Å². The third kappa shape index (κ3) is 2.13. The Morgan fingerprint density at radius 1 is 1.27 bits per heavy atom. The number of aryl methyl sites for hydroxylation is 1. The monoisotopic (exact) mass is 296 g/mol. The summed E-state index contributed by atoms with van der Waals surface area (Å²) in [6.07, 6.45) is 0.533. The van der Waals surface area contributed by atoms with Crippen molar-refractivity contribution in [3.05, 3.63) is 58.9 Å². The first kappa shape index (κ1) is 12.9. The second-order valence-electron chi connectivity index (χ2n) is 5.38. The molecule has 0 fully saturated rings. The van der Waals surface area contributed by atoms with Crippen LogP contribution in [0.2, 0.25) is 0 Å². The first-order chi connectivity index (χ1) is 10.7. The molecule has 1 aliphatic rings. The number of aromatic nitrogens is 4. The fraction of sp³-hybridized carbons (Fsp3) is 0.188. The smallest absolute Gasteiger partial charge is 0.204 e. The Balaban J connectivity index is 1.66. The summed E-state index contributed by atoms with van der Waals surface area (Å²) in [6, 6.07) is 11.1. The number of halogens is 1. The minimum Gasteiger partial charge on any atom is -0.485 e. The van der Waals surface area contributed by atoms with E-state index >= 15 is 0 Å². The third-order valence-corrected chi connectivity index (χ3v) is 3.88. The van der Waals surface area contributed by atoms with E-state index in [9.17, 15) is 4.39 Å². The van der Waals surface area contributed by atoms with Crippen LogP contribution in [0.15, 0.2) is 36.4 Å². The highest BCUT2D eigenvalue weighted by Crippen LogP contribution is 2.38. The van der Waals surface area contributed by atoms with E-state index in [0.29, 0.717) is 17.8 Å². The van der Waals surface area contributed by atoms with Crippen LogP contribution >= 0.6 is 0 Å².